The second-order valence-electron chi connectivity index (χ2n) is 12.1. The second-order valence-corrected chi connectivity index (χ2v) is 12.1. The van der Waals surface area contributed by atoms with Crippen molar-refractivity contribution in [1.29, 1.82) is 0 Å². The minimum Gasteiger partial charge on any atom is -0.496 e. The van der Waals surface area contributed by atoms with Gasteiger partial charge in [0.2, 0.25) is 0 Å². The fourth-order valence-electron chi connectivity index (χ4n) is 6.40. The van der Waals surface area contributed by atoms with Crippen LogP contribution in [0.4, 0.5) is 0 Å². The molecule has 1 heterocycles. The Morgan fingerprint density at radius 1 is 0.675 bits per heavy atom. The van der Waals surface area contributed by atoms with Gasteiger partial charge in [0.25, 0.3) is 0 Å². The van der Waals surface area contributed by atoms with E-state index in [2.05, 4.69) is 12.1 Å². The number of benzene rings is 2. The van der Waals surface area contributed by atoms with Gasteiger partial charge in [-0.3, -0.25) is 0 Å². The van der Waals surface area contributed by atoms with Crippen LogP contribution in [-0.4, -0.2) is 43.2 Å². The van der Waals surface area contributed by atoms with Gasteiger partial charge in [-0.25, -0.2) is 0 Å². The van der Waals surface area contributed by atoms with Crippen LogP contribution in [0, 0.1) is 0 Å². The molecule has 2 aromatic carbocycles. The lowest BCUT2D eigenvalue weighted by molar-refractivity contribution is -0.112. The number of methoxy groups -OCH3 is 3. The van der Waals surface area contributed by atoms with Gasteiger partial charge in [-0.05, 0) is 68.9 Å². The third-order valence-corrected chi connectivity index (χ3v) is 8.73. The average Bonchev–Trinajstić information content (AvgIpc) is 2.94. The predicted molar refractivity (Wildman–Crippen MR) is 160 cm³/mol. The van der Waals surface area contributed by atoms with Crippen molar-refractivity contribution in [3.63, 3.8) is 0 Å². The van der Waals surface area contributed by atoms with Gasteiger partial charge >= 0.3 is 0 Å². The molecule has 1 aliphatic heterocycles. The Morgan fingerprint density at radius 2 is 1.18 bits per heavy atom. The lowest BCUT2D eigenvalue weighted by atomic mass is 9.83. The minimum absolute atomic E-state index is 0.468. The molecule has 2 aromatic rings. The van der Waals surface area contributed by atoms with Crippen molar-refractivity contribution in [3.8, 4) is 34.1 Å². The zero-order valence-electron chi connectivity index (χ0n) is 25.3. The van der Waals surface area contributed by atoms with E-state index >= 15 is 0 Å². The number of hydrogen-bond donors (Lipinski definition) is 2. The summed E-state index contributed by atoms with van der Waals surface area (Å²) in [7, 11) is 4.99. The van der Waals surface area contributed by atoms with E-state index in [0.29, 0.717) is 17.1 Å². The molecule has 2 atom stereocenters. The van der Waals surface area contributed by atoms with Crippen LogP contribution < -0.4 is 18.9 Å². The smallest absolute Gasteiger partial charge is 0.136 e. The number of aliphatic hydroxyl groups is 2. The SMILES string of the molecule is COc1cc2cc(OC)c1-c1c(cc3c(c1OC)[C@H](O)[C@H](O)C(C)(C)O3)CCCCCCCCCCCCCC2. The molecular weight excluding hydrogens is 504 g/mol. The zero-order chi connectivity index (χ0) is 28.7. The molecule has 0 saturated carbocycles. The molecule has 2 N–H and O–H groups in total. The molecule has 0 unspecified atom stereocenters. The molecule has 0 amide bonds. The van der Waals surface area contributed by atoms with Gasteiger partial charge in [-0.2, -0.15) is 0 Å². The molecule has 5 rings (SSSR count). The molecule has 2 aliphatic carbocycles. The summed E-state index contributed by atoms with van der Waals surface area (Å²) in [6.45, 7) is 3.60. The molecule has 0 fully saturated rings. The van der Waals surface area contributed by atoms with Crippen LogP contribution in [0.3, 0.4) is 0 Å². The molecule has 0 radical (unpaired) electrons. The molecule has 0 aromatic heterocycles. The molecule has 6 nitrogen and oxygen atoms in total. The lowest BCUT2D eigenvalue weighted by Gasteiger charge is -2.41. The van der Waals surface area contributed by atoms with Crippen molar-refractivity contribution in [2.75, 3.05) is 21.3 Å². The number of aliphatic hydroxyl groups excluding tert-OH is 2. The van der Waals surface area contributed by atoms with Gasteiger partial charge in [0.05, 0.1) is 32.5 Å². The Kier molecular flexibility index (Phi) is 10.6. The maximum atomic E-state index is 11.3. The summed E-state index contributed by atoms with van der Waals surface area (Å²) >= 11 is 0. The Balaban J connectivity index is 1.86. The number of rotatable bonds is 3. The summed E-state index contributed by atoms with van der Waals surface area (Å²) in [5.74, 6) is 2.49. The normalized spacial score (nSPS) is 22.4. The summed E-state index contributed by atoms with van der Waals surface area (Å²) in [6.07, 6.45) is 14.6. The van der Waals surface area contributed by atoms with Crippen LogP contribution in [0.5, 0.6) is 23.0 Å². The van der Waals surface area contributed by atoms with Gasteiger partial charge in [0.1, 0.15) is 40.8 Å². The average molecular weight is 555 g/mol. The van der Waals surface area contributed by atoms with Crippen LogP contribution in [-0.2, 0) is 12.8 Å². The fourth-order valence-corrected chi connectivity index (χ4v) is 6.40. The number of fused-ring (bicyclic) bond motifs is 16. The first kappa shape index (κ1) is 30.5. The molecule has 6 heteroatoms. The van der Waals surface area contributed by atoms with Gasteiger partial charge < -0.3 is 29.2 Å². The lowest BCUT2D eigenvalue weighted by Crippen LogP contribution is -2.48. The van der Waals surface area contributed by atoms with Crippen molar-refractivity contribution in [2.24, 2.45) is 0 Å². The van der Waals surface area contributed by atoms with Gasteiger partial charge in [0, 0.05) is 5.56 Å². The predicted octanol–water partition coefficient (Wildman–Crippen LogP) is 7.72. The molecule has 40 heavy (non-hydrogen) atoms. The minimum atomic E-state index is -1.16. The van der Waals surface area contributed by atoms with E-state index in [-0.39, 0.29) is 0 Å². The summed E-state index contributed by atoms with van der Waals surface area (Å²) in [6, 6.07) is 6.26. The highest BCUT2D eigenvalue weighted by atomic mass is 16.5. The highest BCUT2D eigenvalue weighted by molar-refractivity contribution is 5.86. The Morgan fingerprint density at radius 3 is 1.68 bits per heavy atom. The van der Waals surface area contributed by atoms with Gasteiger partial charge in [0.15, 0.2) is 0 Å². The van der Waals surface area contributed by atoms with E-state index in [1.807, 2.05) is 6.07 Å². The first-order valence-electron chi connectivity index (χ1n) is 15.4. The quantitative estimate of drug-likeness (QED) is 0.404. The summed E-state index contributed by atoms with van der Waals surface area (Å²) < 4.78 is 24.3. The van der Waals surface area contributed by atoms with E-state index in [1.165, 1.54) is 63.4 Å². The molecule has 222 valence electrons. The molecule has 0 spiro atoms. The highest BCUT2D eigenvalue weighted by Crippen LogP contribution is 2.53. The molecular formula is C34H50O6. The van der Waals surface area contributed by atoms with E-state index in [4.69, 9.17) is 18.9 Å². The first-order chi connectivity index (χ1) is 19.3. The zero-order valence-corrected chi connectivity index (χ0v) is 25.3. The topological polar surface area (TPSA) is 77.4 Å². The fraction of sp³-hybridized carbons (Fsp3) is 0.647. The maximum absolute atomic E-state index is 11.3. The van der Waals surface area contributed by atoms with E-state index in [9.17, 15) is 10.2 Å². The van der Waals surface area contributed by atoms with E-state index in [1.54, 1.807) is 35.2 Å². The Bertz CT molecular complexity index is 1100. The van der Waals surface area contributed by atoms with Crippen LogP contribution in [0.25, 0.3) is 11.1 Å². The number of hydrogen-bond acceptors (Lipinski definition) is 6. The van der Waals surface area contributed by atoms with Crippen molar-refractivity contribution in [2.45, 2.75) is 122 Å². The van der Waals surface area contributed by atoms with Crippen molar-refractivity contribution in [1.82, 2.24) is 0 Å². The first-order valence-corrected chi connectivity index (χ1v) is 15.4. The summed E-state index contributed by atoms with van der Waals surface area (Å²) in [5.41, 5.74) is 3.43. The monoisotopic (exact) mass is 554 g/mol. The van der Waals surface area contributed by atoms with Crippen LogP contribution in [0.15, 0.2) is 18.2 Å². The van der Waals surface area contributed by atoms with Crippen molar-refractivity contribution >= 4 is 0 Å². The Hall–Kier alpha value is -2.44. The van der Waals surface area contributed by atoms with Crippen LogP contribution in [0.2, 0.25) is 0 Å². The number of ether oxygens (including phenoxy) is 4. The van der Waals surface area contributed by atoms with Gasteiger partial charge in [-0.15, -0.1) is 0 Å². The van der Waals surface area contributed by atoms with Crippen LogP contribution >= 0.6 is 0 Å². The standard InChI is InChI=1S/C34H50O6/c1-34(2)33(36)31(35)30-27(40-34)22-24-19-17-15-13-11-9-7-6-8-10-12-14-16-18-23-20-25(37-3)29(26(21-23)38-4)28(24)32(30)39-5/h20-22,31,33,35-36H,6-19H2,1-5H3/t31-,33-/m0/s1. The Labute approximate surface area is 241 Å². The van der Waals surface area contributed by atoms with Gasteiger partial charge in [-0.1, -0.05) is 64.2 Å². The van der Waals surface area contributed by atoms with E-state index in [0.717, 1.165) is 60.3 Å². The van der Waals surface area contributed by atoms with Crippen LogP contribution in [0.1, 0.15) is 114 Å². The summed E-state index contributed by atoms with van der Waals surface area (Å²) in [5, 5.41) is 22.2. The summed E-state index contributed by atoms with van der Waals surface area (Å²) in [4.78, 5) is 0. The van der Waals surface area contributed by atoms with Crippen molar-refractivity contribution in [3.05, 3.63) is 34.9 Å². The van der Waals surface area contributed by atoms with E-state index < -0.39 is 17.8 Å². The highest BCUT2D eigenvalue weighted by Gasteiger charge is 2.45. The second kappa shape index (κ2) is 14.0. The number of aryl methyl sites for hydroxylation is 2. The molecule has 0 saturated heterocycles. The third-order valence-electron chi connectivity index (χ3n) is 8.73. The molecule has 2 bridgehead atoms. The largest absolute Gasteiger partial charge is 0.496 e. The molecule has 3 aliphatic rings. The van der Waals surface area contributed by atoms with Crippen molar-refractivity contribution < 1.29 is 29.2 Å². The third kappa shape index (κ3) is 6.71. The maximum Gasteiger partial charge on any atom is 0.136 e.